The van der Waals surface area contributed by atoms with Gasteiger partial charge in [-0.25, -0.2) is 4.79 Å². The first kappa shape index (κ1) is 12.5. The van der Waals surface area contributed by atoms with Crippen LogP contribution in [-0.2, 0) is 15.1 Å². The molecular formula is C12H16O4. The van der Waals surface area contributed by atoms with Crippen molar-refractivity contribution in [3.63, 3.8) is 0 Å². The molecule has 88 valence electrons. The van der Waals surface area contributed by atoms with Crippen LogP contribution in [0.3, 0.4) is 0 Å². The number of carbonyl (C=O) groups excluding carboxylic acids is 1. The van der Waals surface area contributed by atoms with Crippen molar-refractivity contribution in [2.24, 2.45) is 0 Å². The van der Waals surface area contributed by atoms with E-state index in [1.807, 2.05) is 6.92 Å². The summed E-state index contributed by atoms with van der Waals surface area (Å²) in [6.07, 6.45) is 0. The Morgan fingerprint density at radius 1 is 1.44 bits per heavy atom. The molecule has 0 radical (unpaired) electrons. The minimum absolute atomic E-state index is 0.406. The first-order valence-electron chi connectivity index (χ1n) is 5.07. The van der Waals surface area contributed by atoms with Crippen LogP contribution in [0.15, 0.2) is 24.3 Å². The molecule has 0 aliphatic heterocycles. The highest BCUT2D eigenvalue weighted by Crippen LogP contribution is 2.30. The molecule has 1 rings (SSSR count). The number of esters is 1. The van der Waals surface area contributed by atoms with E-state index >= 15 is 0 Å². The highest BCUT2D eigenvalue weighted by Gasteiger charge is 2.36. The fourth-order valence-electron chi connectivity index (χ4n) is 1.46. The summed E-state index contributed by atoms with van der Waals surface area (Å²) in [5, 5.41) is 10.1. The Balaban J connectivity index is 3.15. The zero-order valence-electron chi connectivity index (χ0n) is 9.69. The Morgan fingerprint density at radius 2 is 2.06 bits per heavy atom. The first-order valence-corrected chi connectivity index (χ1v) is 5.07. The van der Waals surface area contributed by atoms with E-state index in [1.54, 1.807) is 24.3 Å². The Morgan fingerprint density at radius 3 is 2.62 bits per heavy atom. The van der Waals surface area contributed by atoms with Crippen molar-refractivity contribution in [1.29, 1.82) is 0 Å². The molecule has 0 saturated carbocycles. The number of ether oxygens (including phenoxy) is 2. The molecule has 0 spiro atoms. The van der Waals surface area contributed by atoms with Crippen LogP contribution in [-0.4, -0.2) is 24.8 Å². The third-order valence-corrected chi connectivity index (χ3v) is 2.29. The zero-order valence-corrected chi connectivity index (χ0v) is 9.69. The molecule has 1 aromatic rings. The number of para-hydroxylation sites is 1. The maximum absolute atomic E-state index is 11.5. The summed E-state index contributed by atoms with van der Waals surface area (Å²) in [4.78, 5) is 11.5. The van der Waals surface area contributed by atoms with E-state index in [1.165, 1.54) is 14.0 Å². The number of methoxy groups -OCH3 is 1. The van der Waals surface area contributed by atoms with Crippen LogP contribution in [0.4, 0.5) is 0 Å². The van der Waals surface area contributed by atoms with E-state index in [4.69, 9.17) is 4.74 Å². The third-order valence-electron chi connectivity index (χ3n) is 2.29. The molecule has 1 unspecified atom stereocenters. The van der Waals surface area contributed by atoms with E-state index in [9.17, 15) is 9.90 Å². The number of aliphatic hydroxyl groups is 1. The molecule has 4 nitrogen and oxygen atoms in total. The number of rotatable bonds is 4. The third kappa shape index (κ3) is 2.33. The number of benzene rings is 1. The van der Waals surface area contributed by atoms with Crippen molar-refractivity contribution in [3.05, 3.63) is 29.8 Å². The highest BCUT2D eigenvalue weighted by molar-refractivity contribution is 5.81. The molecule has 0 aliphatic rings. The van der Waals surface area contributed by atoms with Gasteiger partial charge in [0.1, 0.15) is 5.75 Å². The van der Waals surface area contributed by atoms with Gasteiger partial charge in [0.05, 0.1) is 13.7 Å². The van der Waals surface area contributed by atoms with Crippen molar-refractivity contribution in [3.8, 4) is 5.75 Å². The second-order valence-corrected chi connectivity index (χ2v) is 3.49. The van der Waals surface area contributed by atoms with Crippen LogP contribution in [0.25, 0.3) is 0 Å². The molecule has 0 aliphatic carbocycles. The Kier molecular flexibility index (Phi) is 3.90. The largest absolute Gasteiger partial charge is 0.493 e. The van der Waals surface area contributed by atoms with Crippen molar-refractivity contribution in [2.75, 3.05) is 13.7 Å². The SMILES string of the molecule is CCOc1ccccc1C(C)(O)C(=O)OC. The van der Waals surface area contributed by atoms with Gasteiger partial charge in [-0.1, -0.05) is 18.2 Å². The van der Waals surface area contributed by atoms with Crippen LogP contribution in [0.5, 0.6) is 5.75 Å². The van der Waals surface area contributed by atoms with Crippen LogP contribution < -0.4 is 4.74 Å². The topological polar surface area (TPSA) is 55.8 Å². The average Bonchev–Trinajstić information content (AvgIpc) is 2.29. The molecule has 0 saturated heterocycles. The van der Waals surface area contributed by atoms with Crippen LogP contribution >= 0.6 is 0 Å². The van der Waals surface area contributed by atoms with Gasteiger partial charge < -0.3 is 14.6 Å². The summed E-state index contributed by atoms with van der Waals surface area (Å²) in [5.41, 5.74) is -1.29. The van der Waals surface area contributed by atoms with Gasteiger partial charge in [-0.3, -0.25) is 0 Å². The Bertz CT molecular complexity index is 371. The minimum atomic E-state index is -1.69. The fourth-order valence-corrected chi connectivity index (χ4v) is 1.46. The van der Waals surface area contributed by atoms with Gasteiger partial charge >= 0.3 is 5.97 Å². The number of hydrogen-bond acceptors (Lipinski definition) is 4. The molecule has 1 atom stereocenters. The lowest BCUT2D eigenvalue weighted by Crippen LogP contribution is -2.33. The normalized spacial score (nSPS) is 14.0. The highest BCUT2D eigenvalue weighted by atomic mass is 16.5. The van der Waals surface area contributed by atoms with Gasteiger partial charge in [-0.2, -0.15) is 0 Å². The van der Waals surface area contributed by atoms with Crippen molar-refractivity contribution < 1.29 is 19.4 Å². The second kappa shape index (κ2) is 4.99. The predicted octanol–water partition coefficient (Wildman–Crippen LogP) is 1.47. The van der Waals surface area contributed by atoms with Crippen molar-refractivity contribution in [1.82, 2.24) is 0 Å². The quantitative estimate of drug-likeness (QED) is 0.787. The van der Waals surface area contributed by atoms with Gasteiger partial charge in [0.2, 0.25) is 0 Å². The summed E-state index contributed by atoms with van der Waals surface area (Å²) in [5.74, 6) is -0.222. The van der Waals surface area contributed by atoms with Crippen LogP contribution in [0.1, 0.15) is 19.4 Å². The molecular weight excluding hydrogens is 208 g/mol. The second-order valence-electron chi connectivity index (χ2n) is 3.49. The molecule has 0 heterocycles. The smallest absolute Gasteiger partial charge is 0.342 e. The number of hydrogen-bond donors (Lipinski definition) is 1. The maximum Gasteiger partial charge on any atom is 0.342 e. The molecule has 16 heavy (non-hydrogen) atoms. The fraction of sp³-hybridized carbons (Fsp3) is 0.417. The van der Waals surface area contributed by atoms with Gasteiger partial charge in [0.25, 0.3) is 0 Å². The van der Waals surface area contributed by atoms with Gasteiger partial charge in [0, 0.05) is 5.56 Å². The molecule has 1 aromatic carbocycles. The van der Waals surface area contributed by atoms with Crippen molar-refractivity contribution in [2.45, 2.75) is 19.4 Å². The Hall–Kier alpha value is -1.55. The molecule has 4 heteroatoms. The van der Waals surface area contributed by atoms with Crippen LogP contribution in [0.2, 0.25) is 0 Å². The summed E-state index contributed by atoms with van der Waals surface area (Å²) in [7, 11) is 1.24. The van der Waals surface area contributed by atoms with Gasteiger partial charge in [-0.05, 0) is 19.9 Å². The van der Waals surface area contributed by atoms with Crippen LogP contribution in [0, 0.1) is 0 Å². The summed E-state index contributed by atoms with van der Waals surface area (Å²) in [6, 6.07) is 6.86. The first-order chi connectivity index (χ1) is 7.54. The lowest BCUT2D eigenvalue weighted by molar-refractivity contribution is -0.161. The van der Waals surface area contributed by atoms with E-state index in [0.29, 0.717) is 17.9 Å². The van der Waals surface area contributed by atoms with E-state index in [-0.39, 0.29) is 0 Å². The standard InChI is InChI=1S/C12H16O4/c1-4-16-10-8-6-5-7-9(10)12(2,14)11(13)15-3/h5-8,14H,4H2,1-3H3. The molecule has 0 aromatic heterocycles. The molecule has 1 N–H and O–H groups in total. The van der Waals surface area contributed by atoms with Gasteiger partial charge in [0.15, 0.2) is 5.60 Å². The monoisotopic (exact) mass is 224 g/mol. The lowest BCUT2D eigenvalue weighted by Gasteiger charge is -2.23. The average molecular weight is 224 g/mol. The van der Waals surface area contributed by atoms with Crippen molar-refractivity contribution >= 4 is 5.97 Å². The molecule has 0 bridgehead atoms. The van der Waals surface area contributed by atoms with E-state index < -0.39 is 11.6 Å². The van der Waals surface area contributed by atoms with E-state index in [2.05, 4.69) is 4.74 Å². The minimum Gasteiger partial charge on any atom is -0.493 e. The zero-order chi connectivity index (χ0) is 12.2. The predicted molar refractivity (Wildman–Crippen MR) is 59.2 cm³/mol. The Labute approximate surface area is 94.8 Å². The molecule has 0 amide bonds. The van der Waals surface area contributed by atoms with Gasteiger partial charge in [-0.15, -0.1) is 0 Å². The van der Waals surface area contributed by atoms with E-state index in [0.717, 1.165) is 0 Å². The molecule has 0 fully saturated rings. The summed E-state index contributed by atoms with van der Waals surface area (Å²) < 4.78 is 9.91. The summed E-state index contributed by atoms with van der Waals surface area (Å²) in [6.45, 7) is 3.69. The maximum atomic E-state index is 11.5. The number of carbonyl (C=O) groups is 1. The lowest BCUT2D eigenvalue weighted by atomic mass is 9.95. The summed E-state index contributed by atoms with van der Waals surface area (Å²) >= 11 is 0.